The molecule has 0 saturated heterocycles. The summed E-state index contributed by atoms with van der Waals surface area (Å²) in [5, 5.41) is 2.37. The molecule has 1 amide bonds. The van der Waals surface area contributed by atoms with Crippen LogP contribution in [0.4, 0.5) is 14.9 Å². The zero-order chi connectivity index (χ0) is 17.0. The monoisotopic (exact) mass is 381 g/mol. The predicted molar refractivity (Wildman–Crippen MR) is 90.5 cm³/mol. The van der Waals surface area contributed by atoms with Crippen LogP contribution in [-0.2, 0) is 4.74 Å². The summed E-state index contributed by atoms with van der Waals surface area (Å²) in [6.07, 6.45) is -0.711. The van der Waals surface area contributed by atoms with Crippen LogP contribution in [0.25, 0.3) is 0 Å². The number of amides is 1. The van der Waals surface area contributed by atoms with E-state index in [4.69, 9.17) is 9.47 Å². The van der Waals surface area contributed by atoms with E-state index in [0.717, 1.165) is 4.47 Å². The second kappa shape index (κ2) is 7.00. The quantitative estimate of drug-likeness (QED) is 0.738. The maximum atomic E-state index is 14.1. The van der Waals surface area contributed by atoms with Crippen LogP contribution in [0.5, 0.6) is 11.5 Å². The summed E-state index contributed by atoms with van der Waals surface area (Å²) in [4.78, 5) is 11.7. The second-order valence-electron chi connectivity index (χ2n) is 5.83. The standard InChI is InChI=1S/C17H17BrFNO3/c1-17(2,3)23-16(21)20-15-8-7-13(10-14(15)19)22-12-6-4-5-11(18)9-12/h4-10H,1-3H3,(H,20,21). The Labute approximate surface area is 142 Å². The maximum absolute atomic E-state index is 14.1. The number of nitrogens with one attached hydrogen (secondary N) is 1. The van der Waals surface area contributed by atoms with Crippen molar-refractivity contribution in [2.24, 2.45) is 0 Å². The van der Waals surface area contributed by atoms with Gasteiger partial charge in [0.2, 0.25) is 0 Å². The third-order valence-electron chi connectivity index (χ3n) is 2.61. The average molecular weight is 382 g/mol. The van der Waals surface area contributed by atoms with Gasteiger partial charge in [-0.05, 0) is 51.1 Å². The highest BCUT2D eigenvalue weighted by molar-refractivity contribution is 9.10. The van der Waals surface area contributed by atoms with E-state index < -0.39 is 17.5 Å². The summed E-state index contributed by atoms with van der Waals surface area (Å²) in [6.45, 7) is 5.20. The number of rotatable bonds is 3. The largest absolute Gasteiger partial charge is 0.457 e. The molecule has 0 atom stereocenters. The average Bonchev–Trinajstić information content (AvgIpc) is 2.40. The Balaban J connectivity index is 2.07. The summed E-state index contributed by atoms with van der Waals surface area (Å²) in [7, 11) is 0. The van der Waals surface area contributed by atoms with Crippen molar-refractivity contribution in [3.8, 4) is 11.5 Å². The number of hydrogen-bond donors (Lipinski definition) is 1. The molecule has 0 saturated carbocycles. The first-order valence-corrected chi connectivity index (χ1v) is 7.75. The van der Waals surface area contributed by atoms with Gasteiger partial charge in [-0.3, -0.25) is 5.32 Å². The first-order valence-electron chi connectivity index (χ1n) is 6.96. The minimum atomic E-state index is -0.711. The van der Waals surface area contributed by atoms with Gasteiger partial charge >= 0.3 is 6.09 Å². The van der Waals surface area contributed by atoms with Gasteiger partial charge in [0.05, 0.1) is 5.69 Å². The van der Waals surface area contributed by atoms with Crippen LogP contribution in [0.3, 0.4) is 0 Å². The van der Waals surface area contributed by atoms with Gasteiger partial charge in [-0.2, -0.15) is 0 Å². The van der Waals surface area contributed by atoms with Crippen molar-refractivity contribution in [1.29, 1.82) is 0 Å². The van der Waals surface area contributed by atoms with Crippen LogP contribution >= 0.6 is 15.9 Å². The van der Waals surface area contributed by atoms with Crippen LogP contribution in [0, 0.1) is 5.82 Å². The topological polar surface area (TPSA) is 47.6 Å². The molecule has 0 spiro atoms. The lowest BCUT2D eigenvalue weighted by Crippen LogP contribution is -2.27. The molecular formula is C17H17BrFNO3. The zero-order valence-electron chi connectivity index (χ0n) is 13.0. The number of halogens is 2. The molecular weight excluding hydrogens is 365 g/mol. The smallest absolute Gasteiger partial charge is 0.412 e. The molecule has 23 heavy (non-hydrogen) atoms. The number of hydrogen-bond acceptors (Lipinski definition) is 3. The molecule has 0 aliphatic carbocycles. The molecule has 0 aliphatic heterocycles. The highest BCUT2D eigenvalue weighted by Gasteiger charge is 2.17. The lowest BCUT2D eigenvalue weighted by molar-refractivity contribution is 0.0635. The molecule has 0 radical (unpaired) electrons. The molecule has 6 heteroatoms. The molecule has 0 aliphatic rings. The normalized spacial score (nSPS) is 11.0. The van der Waals surface area contributed by atoms with Crippen molar-refractivity contribution in [1.82, 2.24) is 0 Å². The summed E-state index contributed by atoms with van der Waals surface area (Å²) >= 11 is 3.34. The molecule has 122 valence electrons. The van der Waals surface area contributed by atoms with Crippen molar-refractivity contribution < 1.29 is 18.7 Å². The Kier molecular flexibility index (Phi) is 5.26. The van der Waals surface area contributed by atoms with Crippen molar-refractivity contribution in [2.75, 3.05) is 5.32 Å². The number of anilines is 1. The van der Waals surface area contributed by atoms with Crippen molar-refractivity contribution >= 4 is 27.7 Å². The fraction of sp³-hybridized carbons (Fsp3) is 0.235. The Morgan fingerprint density at radius 1 is 1.13 bits per heavy atom. The van der Waals surface area contributed by atoms with Gasteiger partial charge in [0, 0.05) is 10.5 Å². The number of carbonyl (C=O) groups is 1. The van der Waals surface area contributed by atoms with Gasteiger partial charge in [0.25, 0.3) is 0 Å². The molecule has 2 rings (SSSR count). The van der Waals surface area contributed by atoms with Crippen LogP contribution in [-0.4, -0.2) is 11.7 Å². The molecule has 0 heterocycles. The zero-order valence-corrected chi connectivity index (χ0v) is 14.6. The molecule has 2 aromatic carbocycles. The third kappa shape index (κ3) is 5.56. The minimum Gasteiger partial charge on any atom is -0.457 e. The predicted octanol–water partition coefficient (Wildman–Crippen LogP) is 5.73. The van der Waals surface area contributed by atoms with Crippen molar-refractivity contribution in [3.05, 3.63) is 52.8 Å². The second-order valence-corrected chi connectivity index (χ2v) is 6.74. The van der Waals surface area contributed by atoms with Crippen LogP contribution in [0.2, 0.25) is 0 Å². The first kappa shape index (κ1) is 17.3. The van der Waals surface area contributed by atoms with E-state index >= 15 is 0 Å². The highest BCUT2D eigenvalue weighted by atomic mass is 79.9. The van der Waals surface area contributed by atoms with Crippen molar-refractivity contribution in [3.63, 3.8) is 0 Å². The Hall–Kier alpha value is -2.08. The number of ether oxygens (including phenoxy) is 2. The van der Waals surface area contributed by atoms with E-state index in [1.807, 2.05) is 12.1 Å². The van der Waals surface area contributed by atoms with Gasteiger partial charge in [0.15, 0.2) is 5.82 Å². The Morgan fingerprint density at radius 2 is 1.83 bits per heavy atom. The summed E-state index contributed by atoms with van der Waals surface area (Å²) in [5.41, 5.74) is -0.620. The van der Waals surface area contributed by atoms with E-state index in [9.17, 15) is 9.18 Å². The fourth-order valence-electron chi connectivity index (χ4n) is 1.74. The van der Waals surface area contributed by atoms with Gasteiger partial charge in [0.1, 0.15) is 17.1 Å². The van der Waals surface area contributed by atoms with Crippen LogP contribution in [0.15, 0.2) is 46.9 Å². The fourth-order valence-corrected chi connectivity index (χ4v) is 2.12. The Morgan fingerprint density at radius 3 is 2.43 bits per heavy atom. The molecule has 4 nitrogen and oxygen atoms in total. The molecule has 0 unspecified atom stereocenters. The maximum Gasteiger partial charge on any atom is 0.412 e. The molecule has 2 aromatic rings. The van der Waals surface area contributed by atoms with Crippen LogP contribution in [0.1, 0.15) is 20.8 Å². The van der Waals surface area contributed by atoms with Gasteiger partial charge < -0.3 is 9.47 Å². The van der Waals surface area contributed by atoms with E-state index in [0.29, 0.717) is 11.5 Å². The lowest BCUT2D eigenvalue weighted by Gasteiger charge is -2.19. The van der Waals surface area contributed by atoms with Crippen molar-refractivity contribution in [2.45, 2.75) is 26.4 Å². The lowest BCUT2D eigenvalue weighted by atomic mass is 10.2. The summed E-state index contributed by atoms with van der Waals surface area (Å²) < 4.78 is 25.6. The molecule has 0 aromatic heterocycles. The number of carbonyl (C=O) groups excluding carboxylic acids is 1. The molecule has 1 N–H and O–H groups in total. The SMILES string of the molecule is CC(C)(C)OC(=O)Nc1ccc(Oc2cccc(Br)c2)cc1F. The van der Waals surface area contributed by atoms with E-state index in [1.54, 1.807) is 39.0 Å². The van der Waals surface area contributed by atoms with E-state index in [-0.39, 0.29) is 5.69 Å². The first-order chi connectivity index (χ1) is 10.7. The van der Waals surface area contributed by atoms with Gasteiger partial charge in [-0.25, -0.2) is 9.18 Å². The minimum absolute atomic E-state index is 0.0286. The Bertz CT molecular complexity index is 713. The number of benzene rings is 2. The summed E-state index contributed by atoms with van der Waals surface area (Å²) in [6, 6.07) is 11.4. The molecule has 0 fully saturated rings. The molecule has 0 bridgehead atoms. The van der Waals surface area contributed by atoms with Gasteiger partial charge in [-0.1, -0.05) is 22.0 Å². The van der Waals surface area contributed by atoms with E-state index in [2.05, 4.69) is 21.2 Å². The third-order valence-corrected chi connectivity index (χ3v) is 3.10. The van der Waals surface area contributed by atoms with E-state index in [1.165, 1.54) is 12.1 Å². The van der Waals surface area contributed by atoms with Gasteiger partial charge in [-0.15, -0.1) is 0 Å². The highest BCUT2D eigenvalue weighted by Crippen LogP contribution is 2.27. The van der Waals surface area contributed by atoms with Crippen LogP contribution < -0.4 is 10.1 Å². The summed E-state index contributed by atoms with van der Waals surface area (Å²) in [5.74, 6) is 0.297.